The first kappa shape index (κ1) is 11.2. The molecule has 0 unspecified atom stereocenters. The minimum Gasteiger partial charge on any atom is -0.384 e. The number of nitrogens with two attached hydrogens (primary N) is 1. The Bertz CT molecular complexity index is 376. The van der Waals surface area contributed by atoms with Crippen LogP contribution in [-0.2, 0) is 11.3 Å². The van der Waals surface area contributed by atoms with Crippen LogP contribution in [0.5, 0.6) is 0 Å². The summed E-state index contributed by atoms with van der Waals surface area (Å²) in [5, 5.41) is 9.97. The van der Waals surface area contributed by atoms with Crippen LogP contribution in [0.3, 0.4) is 0 Å². The second-order valence-corrected chi connectivity index (χ2v) is 3.50. The molecule has 15 heavy (non-hydrogen) atoms. The predicted molar refractivity (Wildman–Crippen MR) is 59.8 cm³/mol. The fourth-order valence-electron chi connectivity index (χ4n) is 1.57. The Labute approximate surface area is 89.0 Å². The molecule has 1 aromatic rings. The summed E-state index contributed by atoms with van der Waals surface area (Å²) in [6.07, 6.45) is 0.678. The van der Waals surface area contributed by atoms with E-state index in [0.29, 0.717) is 13.0 Å². The van der Waals surface area contributed by atoms with Crippen molar-refractivity contribution < 1.29 is 4.79 Å². The minimum atomic E-state index is 0.0658. The summed E-state index contributed by atoms with van der Waals surface area (Å²) in [6, 6.07) is 3.72. The summed E-state index contributed by atoms with van der Waals surface area (Å²) in [6.45, 7) is 4.40. The van der Waals surface area contributed by atoms with Crippen molar-refractivity contribution in [2.24, 2.45) is 5.73 Å². The second-order valence-electron chi connectivity index (χ2n) is 3.50. The van der Waals surface area contributed by atoms with E-state index >= 15 is 0 Å². The van der Waals surface area contributed by atoms with E-state index in [2.05, 4.69) is 5.32 Å². The Morgan fingerprint density at radius 3 is 2.40 bits per heavy atom. The molecule has 1 amide bonds. The molecule has 4 nitrogen and oxygen atoms in total. The van der Waals surface area contributed by atoms with Gasteiger partial charge in [0.2, 0.25) is 6.41 Å². The first-order valence-electron chi connectivity index (χ1n) is 4.67. The number of nitrogens with one attached hydrogen (secondary N) is 2. The van der Waals surface area contributed by atoms with Gasteiger partial charge in [-0.05, 0) is 42.7 Å². The summed E-state index contributed by atoms with van der Waals surface area (Å²) in [4.78, 5) is 10.2. The topological polar surface area (TPSA) is 79.0 Å². The number of carbonyl (C=O) groups excluding carboxylic acids is 1. The van der Waals surface area contributed by atoms with Crippen LogP contribution in [0.4, 0.5) is 0 Å². The molecular weight excluding hydrogens is 190 g/mol. The molecule has 0 aliphatic carbocycles. The lowest BCUT2D eigenvalue weighted by Gasteiger charge is -2.11. The lowest BCUT2D eigenvalue weighted by molar-refractivity contribution is -0.109. The van der Waals surface area contributed by atoms with Gasteiger partial charge in [0.1, 0.15) is 5.84 Å². The van der Waals surface area contributed by atoms with E-state index < -0.39 is 0 Å². The van der Waals surface area contributed by atoms with Crippen LogP contribution in [0.2, 0.25) is 0 Å². The highest BCUT2D eigenvalue weighted by atomic mass is 16.1. The van der Waals surface area contributed by atoms with E-state index in [4.69, 9.17) is 11.1 Å². The first-order valence-corrected chi connectivity index (χ1v) is 4.67. The Morgan fingerprint density at radius 2 is 2.00 bits per heavy atom. The SMILES string of the molecule is Cc1cc(C(=N)N)cc(C)c1CNC=O. The molecule has 0 fully saturated rings. The van der Waals surface area contributed by atoms with Crippen LogP contribution in [0.15, 0.2) is 12.1 Å². The zero-order valence-electron chi connectivity index (χ0n) is 8.92. The minimum absolute atomic E-state index is 0.0658. The van der Waals surface area contributed by atoms with E-state index in [9.17, 15) is 4.79 Å². The molecule has 80 valence electrons. The van der Waals surface area contributed by atoms with Crippen LogP contribution in [0.25, 0.3) is 0 Å². The van der Waals surface area contributed by atoms with Gasteiger partial charge in [0.05, 0.1) is 0 Å². The van der Waals surface area contributed by atoms with Gasteiger partial charge in [0, 0.05) is 12.1 Å². The lowest BCUT2D eigenvalue weighted by atomic mass is 9.99. The maximum atomic E-state index is 10.2. The molecule has 4 N–H and O–H groups in total. The molecule has 0 aliphatic rings. The number of rotatable bonds is 4. The Balaban J connectivity index is 3.09. The maximum absolute atomic E-state index is 10.2. The number of aryl methyl sites for hydroxylation is 2. The van der Waals surface area contributed by atoms with Gasteiger partial charge in [-0.15, -0.1) is 0 Å². The van der Waals surface area contributed by atoms with E-state index in [0.717, 1.165) is 22.3 Å². The molecule has 0 saturated carbocycles. The van der Waals surface area contributed by atoms with Gasteiger partial charge >= 0.3 is 0 Å². The van der Waals surface area contributed by atoms with E-state index in [-0.39, 0.29) is 5.84 Å². The van der Waals surface area contributed by atoms with E-state index in [1.54, 1.807) is 0 Å². The van der Waals surface area contributed by atoms with Crippen molar-refractivity contribution in [1.82, 2.24) is 5.32 Å². The van der Waals surface area contributed by atoms with Gasteiger partial charge in [-0.2, -0.15) is 0 Å². The quantitative estimate of drug-likeness (QED) is 0.387. The number of carbonyl (C=O) groups is 1. The first-order chi connectivity index (χ1) is 7.06. The predicted octanol–water partition coefficient (Wildman–Crippen LogP) is 0.834. The fourth-order valence-corrected chi connectivity index (χ4v) is 1.57. The molecule has 0 saturated heterocycles. The summed E-state index contributed by atoms with van der Waals surface area (Å²) in [5.74, 6) is 0.0658. The maximum Gasteiger partial charge on any atom is 0.207 e. The number of amidine groups is 1. The van der Waals surface area contributed by atoms with Gasteiger partial charge < -0.3 is 11.1 Å². The molecule has 0 atom stereocenters. The molecule has 1 aromatic carbocycles. The van der Waals surface area contributed by atoms with Gasteiger partial charge in [-0.25, -0.2) is 0 Å². The highest BCUT2D eigenvalue weighted by Gasteiger charge is 2.06. The highest BCUT2D eigenvalue weighted by Crippen LogP contribution is 2.16. The summed E-state index contributed by atoms with van der Waals surface area (Å²) in [7, 11) is 0. The highest BCUT2D eigenvalue weighted by molar-refractivity contribution is 5.95. The molecule has 0 spiro atoms. The molecular formula is C11H15N3O. The number of benzene rings is 1. The number of hydrogen-bond donors (Lipinski definition) is 3. The van der Waals surface area contributed by atoms with Crippen molar-refractivity contribution in [3.63, 3.8) is 0 Å². The standard InChI is InChI=1S/C11H15N3O/c1-7-3-9(11(12)13)4-8(2)10(7)5-14-6-15/h3-4,6H,5H2,1-2H3,(H3,12,13)(H,14,15). The molecule has 4 heteroatoms. The van der Waals surface area contributed by atoms with Crippen LogP contribution in [0, 0.1) is 19.3 Å². The lowest BCUT2D eigenvalue weighted by Crippen LogP contribution is -2.15. The van der Waals surface area contributed by atoms with Crippen LogP contribution in [0.1, 0.15) is 22.3 Å². The normalized spacial score (nSPS) is 9.73. The van der Waals surface area contributed by atoms with E-state index in [1.165, 1.54) is 0 Å². The Morgan fingerprint density at radius 1 is 1.47 bits per heavy atom. The third-order valence-electron chi connectivity index (χ3n) is 2.37. The van der Waals surface area contributed by atoms with Gasteiger partial charge in [-0.1, -0.05) is 0 Å². The molecule has 0 aromatic heterocycles. The molecule has 0 bridgehead atoms. The third-order valence-corrected chi connectivity index (χ3v) is 2.37. The van der Waals surface area contributed by atoms with Crippen LogP contribution >= 0.6 is 0 Å². The summed E-state index contributed by atoms with van der Waals surface area (Å²) >= 11 is 0. The van der Waals surface area contributed by atoms with Crippen LogP contribution in [-0.4, -0.2) is 12.2 Å². The molecule has 0 aliphatic heterocycles. The summed E-state index contributed by atoms with van der Waals surface area (Å²) in [5.41, 5.74) is 9.28. The van der Waals surface area contributed by atoms with Crippen molar-refractivity contribution >= 4 is 12.2 Å². The number of nitrogen functional groups attached to an aromatic ring is 1. The molecule has 1 rings (SSSR count). The Kier molecular flexibility index (Phi) is 3.44. The number of hydrogen-bond acceptors (Lipinski definition) is 2. The zero-order valence-corrected chi connectivity index (χ0v) is 8.92. The third kappa shape index (κ3) is 2.56. The average Bonchev–Trinajstić information content (AvgIpc) is 2.16. The average molecular weight is 205 g/mol. The van der Waals surface area contributed by atoms with Crippen molar-refractivity contribution in [3.8, 4) is 0 Å². The summed E-state index contributed by atoms with van der Waals surface area (Å²) < 4.78 is 0. The van der Waals surface area contributed by atoms with Crippen molar-refractivity contribution in [2.75, 3.05) is 0 Å². The van der Waals surface area contributed by atoms with Gasteiger partial charge in [-0.3, -0.25) is 10.2 Å². The largest absolute Gasteiger partial charge is 0.384 e. The molecule has 0 heterocycles. The smallest absolute Gasteiger partial charge is 0.207 e. The number of amides is 1. The molecule has 0 radical (unpaired) electrons. The van der Waals surface area contributed by atoms with Gasteiger partial charge in [0.25, 0.3) is 0 Å². The van der Waals surface area contributed by atoms with Crippen molar-refractivity contribution in [2.45, 2.75) is 20.4 Å². The Hall–Kier alpha value is -1.84. The van der Waals surface area contributed by atoms with Crippen LogP contribution < -0.4 is 11.1 Å². The monoisotopic (exact) mass is 205 g/mol. The van der Waals surface area contributed by atoms with Gasteiger partial charge in [0.15, 0.2) is 0 Å². The van der Waals surface area contributed by atoms with Crippen molar-refractivity contribution in [3.05, 3.63) is 34.4 Å². The van der Waals surface area contributed by atoms with Crippen molar-refractivity contribution in [1.29, 1.82) is 5.41 Å². The second kappa shape index (κ2) is 4.59. The fraction of sp³-hybridized carbons (Fsp3) is 0.273. The zero-order chi connectivity index (χ0) is 11.4. The van der Waals surface area contributed by atoms with E-state index in [1.807, 2.05) is 26.0 Å².